The van der Waals surface area contributed by atoms with E-state index in [1.807, 2.05) is 0 Å². The van der Waals surface area contributed by atoms with Crippen molar-refractivity contribution in [3.05, 3.63) is 0 Å². The Bertz CT molecular complexity index is 6.00. The summed E-state index contributed by atoms with van der Waals surface area (Å²) < 4.78 is 0. The van der Waals surface area contributed by atoms with E-state index in [0.29, 0.717) is 0 Å². The predicted octanol–water partition coefficient (Wildman–Crippen LogP) is -1.53. The molecule has 0 saturated heterocycles. The number of halogens is 2. The summed E-state index contributed by atoms with van der Waals surface area (Å²) in [6, 6.07) is 0. The van der Waals surface area contributed by atoms with E-state index >= 15 is 0 Å². The first-order valence-corrected chi connectivity index (χ1v) is 0. The van der Waals surface area contributed by atoms with E-state index < -0.39 is 0 Å². The number of hydrogen-bond acceptors (Lipinski definition) is 0. The van der Waals surface area contributed by atoms with Gasteiger partial charge in [0.15, 0.2) is 17.4 Å². The fourth-order valence-corrected chi connectivity index (χ4v) is 0. The summed E-state index contributed by atoms with van der Waals surface area (Å²) in [5.74, 6) is 0. The molecule has 0 aromatic carbocycles. The van der Waals surface area contributed by atoms with Gasteiger partial charge in [0.2, 0.25) is 0 Å². The molecule has 0 aliphatic heterocycles. The molecular weight excluding hydrogens is 198 g/mol. The van der Waals surface area contributed by atoms with Gasteiger partial charge in [-0.3, -0.25) is 9.41 Å². The first-order valence-electron chi connectivity index (χ1n) is 0. The number of hydrogen-bond donors (Lipinski definition) is 0. The maximum atomic E-state index is 0. The first-order chi connectivity index (χ1) is 0. The molecule has 0 saturated carbocycles. The maximum absolute atomic E-state index is 0. The zero-order valence-electron chi connectivity index (χ0n) is 0.816. The summed E-state index contributed by atoms with van der Waals surface area (Å²) in [6.45, 7) is 0. The molecule has 0 heterocycles. The number of rotatable bonds is 0. The summed E-state index contributed by atoms with van der Waals surface area (Å²) in [4.78, 5) is 0. The Morgan fingerprint density at radius 1 is 0.750 bits per heavy atom. The summed E-state index contributed by atoms with van der Waals surface area (Å²) in [5, 5.41) is 0. The Morgan fingerprint density at radius 2 is 0.750 bits per heavy atom. The van der Waals surface area contributed by atoms with Gasteiger partial charge in [-0.15, -0.1) is 0 Å². The normalized spacial score (nSPS) is 0. The van der Waals surface area contributed by atoms with Crippen LogP contribution in [0.2, 0.25) is 0 Å². The van der Waals surface area contributed by atoms with Crippen molar-refractivity contribution in [2.45, 2.75) is 0 Å². The molecule has 0 amide bonds. The fraction of sp³-hybridized carbons (Fsp3) is 0. The Kier molecular flexibility index (Phi) is 144. The average molecular weight is 204 g/mol. The van der Waals surface area contributed by atoms with Crippen molar-refractivity contribution in [1.82, 2.24) is 0 Å². The van der Waals surface area contributed by atoms with E-state index in [0.717, 1.165) is 0 Å². The SMILES string of the molecule is F.F.[AlH3].[CsH]. The Morgan fingerprint density at radius 3 is 0.750 bits per heavy atom. The van der Waals surface area contributed by atoms with Gasteiger partial charge < -0.3 is 0 Å². The van der Waals surface area contributed by atoms with Crippen LogP contribution in [0.25, 0.3) is 0 Å². The molecule has 0 spiro atoms. The van der Waals surface area contributed by atoms with Crippen LogP contribution >= 0.6 is 0 Å². The Labute approximate surface area is 93.0 Å². The molecule has 0 unspecified atom stereocenters. The summed E-state index contributed by atoms with van der Waals surface area (Å²) in [6.07, 6.45) is 0. The zero-order valence-corrected chi connectivity index (χ0v) is 0.816. The topological polar surface area (TPSA) is 0 Å². The second kappa shape index (κ2) is 18.0. The molecule has 0 bridgehead atoms. The van der Waals surface area contributed by atoms with Crippen LogP contribution in [0.15, 0.2) is 0 Å². The molecule has 0 radical (unpaired) electrons. The van der Waals surface area contributed by atoms with Gasteiger partial charge in [-0.2, -0.15) is 0 Å². The van der Waals surface area contributed by atoms with Crippen molar-refractivity contribution in [2.24, 2.45) is 0 Å². The fourth-order valence-electron chi connectivity index (χ4n) is 0. The minimum absolute atomic E-state index is 0. The van der Waals surface area contributed by atoms with Crippen LogP contribution in [0.5, 0.6) is 0 Å². The van der Waals surface area contributed by atoms with Gasteiger partial charge in [0, 0.05) is 0 Å². The summed E-state index contributed by atoms with van der Waals surface area (Å²) in [5.41, 5.74) is 0. The van der Waals surface area contributed by atoms with Crippen LogP contribution in [-0.2, 0) is 0 Å². The molecule has 4 heavy (non-hydrogen) atoms. The van der Waals surface area contributed by atoms with Gasteiger partial charge in [0.1, 0.15) is 0 Å². The van der Waals surface area contributed by atoms with Crippen molar-refractivity contribution in [3.63, 3.8) is 0 Å². The third-order valence-corrected chi connectivity index (χ3v) is 0. The van der Waals surface area contributed by atoms with Gasteiger partial charge in [-0.25, -0.2) is 0 Å². The molecule has 0 fully saturated rings. The van der Waals surface area contributed by atoms with Crippen LogP contribution in [0.4, 0.5) is 9.41 Å². The Balaban J connectivity index is 0. The van der Waals surface area contributed by atoms with Crippen molar-refractivity contribution >= 4 is 86.3 Å². The predicted molar refractivity (Wildman–Crippen MR) is 22.1 cm³/mol. The molecule has 0 rings (SSSR count). The van der Waals surface area contributed by atoms with Gasteiger partial charge in [-0.1, -0.05) is 0 Å². The van der Waals surface area contributed by atoms with Crippen molar-refractivity contribution in [2.75, 3.05) is 0 Å². The van der Waals surface area contributed by atoms with Gasteiger partial charge in [-0.05, 0) is 0 Å². The van der Waals surface area contributed by atoms with Gasteiger partial charge in [0.05, 0.1) is 0 Å². The monoisotopic (exact) mass is 204 g/mol. The molecule has 0 aliphatic rings. The molecule has 0 aromatic heterocycles. The van der Waals surface area contributed by atoms with Gasteiger partial charge >= 0.3 is 68.9 Å². The van der Waals surface area contributed by atoms with E-state index in [2.05, 4.69) is 0 Å². The zero-order chi connectivity index (χ0) is 0. The third kappa shape index (κ3) is 8.82. The second-order valence-corrected chi connectivity index (χ2v) is 0. The van der Waals surface area contributed by atoms with Crippen molar-refractivity contribution in [1.29, 1.82) is 0 Å². The van der Waals surface area contributed by atoms with E-state index in [1.165, 1.54) is 0 Å². The summed E-state index contributed by atoms with van der Waals surface area (Å²) >= 11 is 0. The van der Waals surface area contributed by atoms with E-state index in [-0.39, 0.29) is 95.7 Å². The molecule has 0 aromatic rings. The van der Waals surface area contributed by atoms with E-state index in [1.54, 1.807) is 0 Å². The molecule has 0 atom stereocenters. The Hall–Kier alpha value is 2.44. The minimum atomic E-state index is 0. The molecule has 0 aliphatic carbocycles. The van der Waals surface area contributed by atoms with Gasteiger partial charge in [0.25, 0.3) is 0 Å². The van der Waals surface area contributed by atoms with Crippen molar-refractivity contribution < 1.29 is 9.41 Å². The molecular formula is H6AlCsF2. The third-order valence-electron chi connectivity index (χ3n) is 0. The molecule has 0 nitrogen and oxygen atoms in total. The quantitative estimate of drug-likeness (QED) is 0.420. The van der Waals surface area contributed by atoms with Crippen LogP contribution in [0.1, 0.15) is 0 Å². The van der Waals surface area contributed by atoms with Crippen LogP contribution in [-0.4, -0.2) is 86.3 Å². The van der Waals surface area contributed by atoms with E-state index in [4.69, 9.17) is 0 Å². The standard InChI is InChI=1S/Al.Cs.2FH.4H/h;;2*1H;;;;. The molecule has 4 heteroatoms. The van der Waals surface area contributed by atoms with Crippen LogP contribution in [0.3, 0.4) is 0 Å². The molecule has 0 N–H and O–H groups in total. The van der Waals surface area contributed by atoms with Crippen molar-refractivity contribution in [3.8, 4) is 0 Å². The average Bonchev–Trinajstić information content (AvgIpc) is 0. The second-order valence-electron chi connectivity index (χ2n) is 0. The summed E-state index contributed by atoms with van der Waals surface area (Å²) in [7, 11) is 0. The molecule has 24 valence electrons. The van der Waals surface area contributed by atoms with Crippen LogP contribution < -0.4 is 0 Å². The first kappa shape index (κ1) is 32.0. The van der Waals surface area contributed by atoms with Crippen LogP contribution in [0, 0.1) is 0 Å². The van der Waals surface area contributed by atoms with E-state index in [9.17, 15) is 0 Å².